The zero-order valence-corrected chi connectivity index (χ0v) is 16.9. The Morgan fingerprint density at radius 3 is 2.17 bits per heavy atom. The van der Waals surface area contributed by atoms with Crippen molar-refractivity contribution in [2.24, 2.45) is 5.92 Å². The summed E-state index contributed by atoms with van der Waals surface area (Å²) in [5.74, 6) is 0.124. The number of halogens is 2. The molecule has 2 atom stereocenters. The molecule has 0 aliphatic carbocycles. The van der Waals surface area contributed by atoms with Crippen LogP contribution in [0.4, 0.5) is 0 Å². The monoisotopic (exact) mass is 377 g/mol. The summed E-state index contributed by atoms with van der Waals surface area (Å²) in [6.07, 6.45) is 0.962. The smallest absolute Gasteiger partial charge is 0.224 e. The minimum atomic E-state index is -0.000853. The fraction of sp³-hybridized carbons (Fsp3) is 0.611. The van der Waals surface area contributed by atoms with Crippen molar-refractivity contribution in [3.63, 3.8) is 0 Å². The van der Waals surface area contributed by atoms with Crippen LogP contribution in [0.5, 0.6) is 0 Å². The molecule has 1 amide bonds. The summed E-state index contributed by atoms with van der Waals surface area (Å²) in [7, 11) is 1.87. The molecule has 0 fully saturated rings. The normalized spacial score (nSPS) is 12.7. The number of rotatable bonds is 10. The second kappa shape index (κ2) is 14.5. The quantitative estimate of drug-likeness (QED) is 0.658. The van der Waals surface area contributed by atoms with Crippen molar-refractivity contribution in [1.29, 1.82) is 0 Å². The summed E-state index contributed by atoms with van der Waals surface area (Å²) >= 11 is 0. The molecule has 0 spiro atoms. The fourth-order valence-corrected chi connectivity index (χ4v) is 2.75. The Morgan fingerprint density at radius 1 is 1.08 bits per heavy atom. The molecular formula is C18H33Cl2N3O. The Balaban J connectivity index is 0. The van der Waals surface area contributed by atoms with Crippen molar-refractivity contribution in [2.45, 2.75) is 33.2 Å². The van der Waals surface area contributed by atoms with E-state index in [2.05, 4.69) is 53.6 Å². The average Bonchev–Trinajstić information content (AvgIpc) is 2.54. The highest BCUT2D eigenvalue weighted by molar-refractivity contribution is 5.85. The number of nitrogens with one attached hydrogen (secondary N) is 2. The minimum absolute atomic E-state index is 0. The van der Waals surface area contributed by atoms with E-state index in [0.717, 1.165) is 19.5 Å². The van der Waals surface area contributed by atoms with Crippen molar-refractivity contribution in [2.75, 3.05) is 33.2 Å². The van der Waals surface area contributed by atoms with Crippen molar-refractivity contribution in [3.8, 4) is 0 Å². The number of carbonyl (C=O) groups is 1. The molecule has 2 N–H and O–H groups in total. The van der Waals surface area contributed by atoms with Crippen LogP contribution in [0.15, 0.2) is 30.3 Å². The largest absolute Gasteiger partial charge is 0.354 e. The molecule has 2 unspecified atom stereocenters. The summed E-state index contributed by atoms with van der Waals surface area (Å²) in [5.41, 5.74) is 1.32. The third-order valence-electron chi connectivity index (χ3n) is 4.11. The Bertz CT molecular complexity index is 428. The lowest BCUT2D eigenvalue weighted by atomic mass is 10.0. The van der Waals surface area contributed by atoms with Crippen LogP contribution in [-0.2, 0) is 11.2 Å². The van der Waals surface area contributed by atoms with Crippen LogP contribution in [0.25, 0.3) is 0 Å². The number of amides is 1. The Labute approximate surface area is 159 Å². The molecule has 0 heterocycles. The number of carbonyl (C=O) groups excluding carboxylic acids is 1. The topological polar surface area (TPSA) is 44.4 Å². The highest BCUT2D eigenvalue weighted by Crippen LogP contribution is 2.09. The molecule has 6 heteroatoms. The lowest BCUT2D eigenvalue weighted by Gasteiger charge is -2.30. The predicted molar refractivity (Wildman–Crippen MR) is 107 cm³/mol. The van der Waals surface area contributed by atoms with Crippen LogP contribution < -0.4 is 10.6 Å². The SMILES string of the molecule is CCN(CC)C(CNC(=O)C(C)CNC)Cc1ccccc1.Cl.Cl. The number of likely N-dealkylation sites (N-methyl/N-ethyl adjacent to an activating group) is 1. The molecule has 1 aromatic carbocycles. The van der Waals surface area contributed by atoms with Crippen molar-refractivity contribution < 1.29 is 4.79 Å². The standard InChI is InChI=1S/C18H31N3O.2ClH/c1-5-21(6-2)17(12-16-10-8-7-9-11-16)14-20-18(22)15(3)13-19-4;;/h7-11,15,17,19H,5-6,12-14H2,1-4H3,(H,20,22);2*1H. The van der Waals surface area contributed by atoms with Crippen LogP contribution >= 0.6 is 24.8 Å². The molecule has 0 aliphatic rings. The van der Waals surface area contributed by atoms with Gasteiger partial charge in [0.2, 0.25) is 5.91 Å². The van der Waals surface area contributed by atoms with E-state index in [1.165, 1.54) is 5.56 Å². The third kappa shape index (κ3) is 8.88. The molecule has 1 aromatic rings. The molecule has 0 bridgehead atoms. The van der Waals surface area contributed by atoms with Crippen LogP contribution in [-0.4, -0.2) is 50.1 Å². The van der Waals surface area contributed by atoms with E-state index in [-0.39, 0.29) is 36.6 Å². The van der Waals surface area contributed by atoms with Crippen molar-refractivity contribution >= 4 is 30.7 Å². The van der Waals surface area contributed by atoms with Gasteiger partial charge in [0.25, 0.3) is 0 Å². The van der Waals surface area contributed by atoms with Gasteiger partial charge in [-0.25, -0.2) is 0 Å². The fourth-order valence-electron chi connectivity index (χ4n) is 2.75. The summed E-state index contributed by atoms with van der Waals surface area (Å²) in [6, 6.07) is 10.8. The zero-order chi connectivity index (χ0) is 16.4. The Hall–Kier alpha value is -0.810. The van der Waals surface area contributed by atoms with Crippen molar-refractivity contribution in [1.82, 2.24) is 15.5 Å². The highest BCUT2D eigenvalue weighted by Gasteiger charge is 2.19. The molecular weight excluding hydrogens is 345 g/mol. The van der Waals surface area contributed by atoms with Crippen LogP contribution in [0.2, 0.25) is 0 Å². The summed E-state index contributed by atoms with van der Waals surface area (Å²) in [6.45, 7) is 9.70. The van der Waals surface area contributed by atoms with Crippen molar-refractivity contribution in [3.05, 3.63) is 35.9 Å². The van der Waals surface area contributed by atoms with Gasteiger partial charge in [-0.15, -0.1) is 24.8 Å². The summed E-state index contributed by atoms with van der Waals surface area (Å²) in [4.78, 5) is 14.5. The molecule has 24 heavy (non-hydrogen) atoms. The molecule has 0 saturated carbocycles. The molecule has 140 valence electrons. The van der Waals surface area contributed by atoms with Gasteiger partial charge in [0.15, 0.2) is 0 Å². The second-order valence-electron chi connectivity index (χ2n) is 5.77. The first-order valence-electron chi connectivity index (χ1n) is 8.32. The van der Waals surface area contributed by atoms with E-state index in [1.54, 1.807) is 0 Å². The van der Waals surface area contributed by atoms with Gasteiger partial charge in [0.1, 0.15) is 0 Å². The van der Waals surface area contributed by atoms with E-state index < -0.39 is 0 Å². The number of hydrogen-bond donors (Lipinski definition) is 2. The summed E-state index contributed by atoms with van der Waals surface area (Å²) < 4.78 is 0. The molecule has 0 radical (unpaired) electrons. The number of nitrogens with zero attached hydrogens (tertiary/aromatic N) is 1. The zero-order valence-electron chi connectivity index (χ0n) is 15.2. The minimum Gasteiger partial charge on any atom is -0.354 e. The number of hydrogen-bond acceptors (Lipinski definition) is 3. The van der Waals surface area contributed by atoms with E-state index in [9.17, 15) is 4.79 Å². The van der Waals surface area contributed by atoms with E-state index in [0.29, 0.717) is 19.1 Å². The van der Waals surface area contributed by atoms with Crippen LogP contribution in [0.3, 0.4) is 0 Å². The Kier molecular flexibility index (Phi) is 15.4. The predicted octanol–water partition coefficient (Wildman–Crippen LogP) is 2.75. The van der Waals surface area contributed by atoms with Gasteiger partial charge in [-0.3, -0.25) is 9.69 Å². The maximum atomic E-state index is 12.1. The average molecular weight is 378 g/mol. The van der Waals surface area contributed by atoms with Crippen LogP contribution in [0.1, 0.15) is 26.3 Å². The lowest BCUT2D eigenvalue weighted by molar-refractivity contribution is -0.124. The second-order valence-corrected chi connectivity index (χ2v) is 5.77. The van der Waals surface area contributed by atoms with Gasteiger partial charge < -0.3 is 10.6 Å². The van der Waals surface area contributed by atoms with E-state index in [4.69, 9.17) is 0 Å². The molecule has 1 rings (SSSR count). The molecule has 0 aliphatic heterocycles. The third-order valence-corrected chi connectivity index (χ3v) is 4.11. The van der Waals surface area contributed by atoms with Crippen LogP contribution in [0, 0.1) is 5.92 Å². The molecule has 0 saturated heterocycles. The molecule has 0 aromatic heterocycles. The molecule has 4 nitrogen and oxygen atoms in total. The number of benzene rings is 1. The summed E-state index contributed by atoms with van der Waals surface area (Å²) in [5, 5.41) is 6.17. The first-order chi connectivity index (χ1) is 10.6. The highest BCUT2D eigenvalue weighted by atomic mass is 35.5. The van der Waals surface area contributed by atoms with Gasteiger partial charge in [-0.2, -0.15) is 0 Å². The lowest BCUT2D eigenvalue weighted by Crippen LogP contribution is -2.46. The van der Waals surface area contributed by atoms with Gasteiger partial charge in [0, 0.05) is 25.0 Å². The Morgan fingerprint density at radius 2 is 1.67 bits per heavy atom. The van der Waals surface area contributed by atoms with Gasteiger partial charge in [-0.1, -0.05) is 51.1 Å². The first kappa shape index (κ1) is 25.4. The maximum Gasteiger partial charge on any atom is 0.224 e. The maximum absolute atomic E-state index is 12.1. The van der Waals surface area contributed by atoms with Gasteiger partial charge in [-0.05, 0) is 32.1 Å². The van der Waals surface area contributed by atoms with Gasteiger partial charge >= 0.3 is 0 Å². The first-order valence-corrected chi connectivity index (χ1v) is 8.32. The van der Waals surface area contributed by atoms with E-state index >= 15 is 0 Å². The van der Waals surface area contributed by atoms with E-state index in [1.807, 2.05) is 20.0 Å². The van der Waals surface area contributed by atoms with Gasteiger partial charge in [0.05, 0.1) is 0 Å².